The summed E-state index contributed by atoms with van der Waals surface area (Å²) < 4.78 is 80.4. The van der Waals surface area contributed by atoms with E-state index in [2.05, 4.69) is 14.8 Å². The van der Waals surface area contributed by atoms with Crippen molar-refractivity contribution in [2.24, 2.45) is 0 Å². The van der Waals surface area contributed by atoms with Gasteiger partial charge in [0.05, 0.1) is 6.42 Å². The van der Waals surface area contributed by atoms with Crippen LogP contribution in [0.4, 0.5) is 26.3 Å². The fraction of sp³-hybridized carbons (Fsp3) is 0.379. The van der Waals surface area contributed by atoms with E-state index in [0.717, 1.165) is 29.8 Å². The number of pyridine rings is 1. The van der Waals surface area contributed by atoms with E-state index in [9.17, 15) is 36.2 Å². The topological polar surface area (TPSA) is 56.7 Å². The molecule has 4 rings (SSSR count). The average molecular weight is 566 g/mol. The first kappa shape index (κ1) is 29.5. The number of hydrogen-bond acceptors (Lipinski definition) is 4. The minimum Gasteiger partial charge on any atom is -0.481 e. The van der Waals surface area contributed by atoms with Crippen LogP contribution in [0.5, 0.6) is 0 Å². The number of rotatable bonds is 8. The molecule has 2 aromatic carbocycles. The molecular formula is C29H29F6N3O2. The number of hydrogen-bond donors (Lipinski definition) is 1. The summed E-state index contributed by atoms with van der Waals surface area (Å²) in [7, 11) is 0. The summed E-state index contributed by atoms with van der Waals surface area (Å²) in [6.45, 7) is 3.38. The first-order valence-electron chi connectivity index (χ1n) is 12.7. The van der Waals surface area contributed by atoms with Crippen molar-refractivity contribution < 1.29 is 36.2 Å². The predicted molar refractivity (Wildman–Crippen MR) is 137 cm³/mol. The molecule has 1 aliphatic rings. The van der Waals surface area contributed by atoms with Crippen LogP contribution in [0.1, 0.15) is 30.0 Å². The van der Waals surface area contributed by atoms with Gasteiger partial charge in [0.15, 0.2) is 5.41 Å². The smallest absolute Gasteiger partial charge is 0.406 e. The summed E-state index contributed by atoms with van der Waals surface area (Å²) in [6.07, 6.45) is -7.57. The Morgan fingerprint density at radius 1 is 0.825 bits per heavy atom. The van der Waals surface area contributed by atoms with E-state index in [1.807, 2.05) is 24.3 Å². The van der Waals surface area contributed by atoms with Crippen molar-refractivity contribution in [2.75, 3.05) is 19.6 Å². The molecule has 0 radical (unpaired) electrons. The van der Waals surface area contributed by atoms with Crippen LogP contribution in [0.25, 0.3) is 11.1 Å². The highest BCUT2D eigenvalue weighted by Crippen LogP contribution is 2.51. The zero-order valence-corrected chi connectivity index (χ0v) is 21.7. The lowest BCUT2D eigenvalue weighted by Crippen LogP contribution is -2.52. The summed E-state index contributed by atoms with van der Waals surface area (Å²) in [5.41, 5.74) is -1.71. The van der Waals surface area contributed by atoms with Gasteiger partial charge in [0.1, 0.15) is 0 Å². The standard InChI is InChI=1S/C29H29F6N3O2/c1-27(28(30,31)32,29(33,34)35)24-8-6-23(7-9-24)22-4-2-20(3-5-22)18-38-15-14-37(19-25(38)16-26(39)40)17-21-10-12-36-13-11-21/h2-13,25H,14-19H2,1H3,(H,39,40)/t25-/m0/s1. The van der Waals surface area contributed by atoms with Gasteiger partial charge in [-0.05, 0) is 46.9 Å². The maximum absolute atomic E-state index is 13.4. The Labute approximate surface area is 228 Å². The fourth-order valence-electron chi connectivity index (χ4n) is 4.97. The molecule has 1 saturated heterocycles. The number of carbonyl (C=O) groups is 1. The van der Waals surface area contributed by atoms with Crippen molar-refractivity contribution in [3.05, 3.63) is 89.7 Å². The SMILES string of the molecule is CC(c1ccc(-c2ccc(CN3CCN(Cc4ccncc4)C[C@@H]3CC(=O)O)cc2)cc1)(C(F)(F)F)C(F)(F)F. The Morgan fingerprint density at radius 3 is 1.88 bits per heavy atom. The molecule has 0 amide bonds. The van der Waals surface area contributed by atoms with E-state index in [4.69, 9.17) is 0 Å². The predicted octanol–water partition coefficient (Wildman–Crippen LogP) is 6.29. The van der Waals surface area contributed by atoms with Crippen LogP contribution in [-0.4, -0.2) is 63.9 Å². The van der Waals surface area contributed by atoms with E-state index in [1.165, 1.54) is 12.1 Å². The molecule has 1 N–H and O–H groups in total. The van der Waals surface area contributed by atoms with Crippen molar-refractivity contribution >= 4 is 5.97 Å². The molecule has 214 valence electrons. The molecule has 1 aliphatic heterocycles. The zero-order chi connectivity index (χ0) is 29.1. The molecule has 40 heavy (non-hydrogen) atoms. The third-order valence-corrected chi connectivity index (χ3v) is 7.52. The second kappa shape index (κ2) is 11.6. The Morgan fingerprint density at radius 2 is 1.35 bits per heavy atom. The maximum Gasteiger partial charge on any atom is 0.406 e. The third-order valence-electron chi connectivity index (χ3n) is 7.52. The number of aromatic nitrogens is 1. The van der Waals surface area contributed by atoms with E-state index in [-0.39, 0.29) is 19.4 Å². The number of carboxylic acid groups (broad SMARTS) is 1. The maximum atomic E-state index is 13.4. The number of alkyl halides is 6. The van der Waals surface area contributed by atoms with Crippen LogP contribution < -0.4 is 0 Å². The molecule has 0 aliphatic carbocycles. The average Bonchev–Trinajstić information content (AvgIpc) is 2.89. The van der Waals surface area contributed by atoms with Crippen LogP contribution in [0.2, 0.25) is 0 Å². The highest BCUT2D eigenvalue weighted by atomic mass is 19.4. The van der Waals surface area contributed by atoms with Crippen molar-refractivity contribution in [1.82, 2.24) is 14.8 Å². The van der Waals surface area contributed by atoms with Gasteiger partial charge in [-0.25, -0.2) is 0 Å². The lowest BCUT2D eigenvalue weighted by molar-refractivity contribution is -0.297. The van der Waals surface area contributed by atoms with Gasteiger partial charge in [0.2, 0.25) is 0 Å². The Kier molecular flexibility index (Phi) is 8.55. The van der Waals surface area contributed by atoms with Gasteiger partial charge in [0.25, 0.3) is 0 Å². The van der Waals surface area contributed by atoms with Crippen LogP contribution in [-0.2, 0) is 23.3 Å². The Hall–Kier alpha value is -3.44. The van der Waals surface area contributed by atoms with E-state index >= 15 is 0 Å². The van der Waals surface area contributed by atoms with Gasteiger partial charge in [-0.2, -0.15) is 26.3 Å². The molecule has 1 aromatic heterocycles. The van der Waals surface area contributed by atoms with Gasteiger partial charge in [-0.3, -0.25) is 19.6 Å². The summed E-state index contributed by atoms with van der Waals surface area (Å²) in [4.78, 5) is 19.9. The monoisotopic (exact) mass is 565 g/mol. The first-order valence-corrected chi connectivity index (χ1v) is 12.7. The van der Waals surface area contributed by atoms with Crippen LogP contribution in [0.3, 0.4) is 0 Å². The molecular weight excluding hydrogens is 536 g/mol. The highest BCUT2D eigenvalue weighted by molar-refractivity contribution is 5.67. The molecule has 2 heterocycles. The summed E-state index contributed by atoms with van der Waals surface area (Å²) in [5, 5.41) is 9.47. The molecule has 5 nitrogen and oxygen atoms in total. The van der Waals surface area contributed by atoms with Gasteiger partial charge >= 0.3 is 18.3 Å². The minimum atomic E-state index is -5.50. The van der Waals surface area contributed by atoms with Crippen LogP contribution in [0.15, 0.2) is 73.1 Å². The summed E-state index contributed by atoms with van der Waals surface area (Å²) in [5.74, 6) is -0.883. The summed E-state index contributed by atoms with van der Waals surface area (Å²) >= 11 is 0. The molecule has 0 saturated carbocycles. The molecule has 3 aromatic rings. The second-order valence-corrected chi connectivity index (χ2v) is 10.2. The van der Waals surface area contributed by atoms with Gasteiger partial charge < -0.3 is 5.11 Å². The van der Waals surface area contributed by atoms with Crippen LogP contribution >= 0.6 is 0 Å². The fourth-order valence-corrected chi connectivity index (χ4v) is 4.97. The molecule has 0 spiro atoms. The third kappa shape index (κ3) is 6.47. The number of carboxylic acids is 1. The number of piperazine rings is 1. The molecule has 0 bridgehead atoms. The van der Waals surface area contributed by atoms with Crippen molar-refractivity contribution in [1.29, 1.82) is 0 Å². The van der Waals surface area contributed by atoms with E-state index in [0.29, 0.717) is 37.3 Å². The first-order chi connectivity index (χ1) is 18.8. The Bertz CT molecular complexity index is 1260. The van der Waals surface area contributed by atoms with Crippen molar-refractivity contribution in [3.8, 4) is 11.1 Å². The van der Waals surface area contributed by atoms with Gasteiger partial charge in [-0.1, -0.05) is 48.5 Å². The molecule has 0 unspecified atom stereocenters. The van der Waals surface area contributed by atoms with E-state index < -0.39 is 29.3 Å². The normalized spacial score (nSPS) is 17.6. The number of aliphatic carboxylic acids is 1. The van der Waals surface area contributed by atoms with Crippen molar-refractivity contribution in [2.45, 2.75) is 50.2 Å². The van der Waals surface area contributed by atoms with Crippen molar-refractivity contribution in [3.63, 3.8) is 0 Å². The van der Waals surface area contributed by atoms with Crippen LogP contribution in [0, 0.1) is 0 Å². The highest BCUT2D eigenvalue weighted by Gasteiger charge is 2.68. The minimum absolute atomic E-state index is 0.00789. The van der Waals surface area contributed by atoms with Gasteiger partial charge in [-0.15, -0.1) is 0 Å². The molecule has 1 atom stereocenters. The second-order valence-electron chi connectivity index (χ2n) is 10.2. The molecule has 11 heteroatoms. The van der Waals surface area contributed by atoms with E-state index in [1.54, 1.807) is 24.5 Å². The lowest BCUT2D eigenvalue weighted by Gasteiger charge is -2.41. The number of nitrogens with zero attached hydrogens (tertiary/aromatic N) is 3. The van der Waals surface area contributed by atoms with Gasteiger partial charge in [0, 0.05) is 51.2 Å². The Balaban J connectivity index is 1.45. The molecule has 1 fully saturated rings. The largest absolute Gasteiger partial charge is 0.481 e. The number of halogens is 6. The number of benzene rings is 2. The summed E-state index contributed by atoms with van der Waals surface area (Å²) in [6, 6.07) is 15.1. The quantitative estimate of drug-likeness (QED) is 0.326. The lowest BCUT2D eigenvalue weighted by atomic mass is 9.80. The zero-order valence-electron chi connectivity index (χ0n) is 21.7.